The molecule has 2 amide bonds. The number of benzene rings is 1. The zero-order chi connectivity index (χ0) is 22.7. The summed E-state index contributed by atoms with van der Waals surface area (Å²) in [4.78, 5) is 26.2. The Hall–Kier alpha value is -1.84. The summed E-state index contributed by atoms with van der Waals surface area (Å²) in [6.07, 6.45) is 0.838. The number of hydrogen-bond donors (Lipinski definition) is 2. The predicted molar refractivity (Wildman–Crippen MR) is 127 cm³/mol. The molecule has 1 aromatic rings. The number of halogens is 1. The highest BCUT2D eigenvalue weighted by Crippen LogP contribution is 2.32. The molecule has 1 heterocycles. The fourth-order valence-electron chi connectivity index (χ4n) is 3.24. The van der Waals surface area contributed by atoms with Crippen molar-refractivity contribution in [1.82, 2.24) is 4.90 Å². The van der Waals surface area contributed by atoms with Gasteiger partial charge in [-0.15, -0.1) is 0 Å². The van der Waals surface area contributed by atoms with Crippen LogP contribution in [0.25, 0.3) is 0 Å². The SMILES string of the molecule is CC(C)(C)OC(=O)Nc1ccc(C2CCN(C(=O)OC(C)(C)C)CC2)cc1C(=N)I. The molecule has 8 heteroatoms. The molecule has 0 radical (unpaired) electrons. The highest BCUT2D eigenvalue weighted by atomic mass is 127. The van der Waals surface area contributed by atoms with E-state index in [1.54, 1.807) is 25.7 Å². The van der Waals surface area contributed by atoms with Crippen molar-refractivity contribution in [3.8, 4) is 0 Å². The number of anilines is 1. The Morgan fingerprint density at radius 3 is 2.13 bits per heavy atom. The molecule has 0 atom stereocenters. The lowest BCUT2D eigenvalue weighted by atomic mass is 9.88. The minimum Gasteiger partial charge on any atom is -0.444 e. The van der Waals surface area contributed by atoms with Gasteiger partial charge in [-0.2, -0.15) is 0 Å². The standard InChI is InChI=1S/C22H32IN3O4/c1-21(2,3)29-19(27)25-17-8-7-15(13-16(17)18(23)24)14-9-11-26(12-10-14)20(28)30-22(4,5)6/h7-8,13-14,24H,9-12H2,1-6H3,(H,25,27). The van der Waals surface area contributed by atoms with Crippen molar-refractivity contribution in [2.45, 2.75) is 71.5 Å². The second kappa shape index (κ2) is 9.53. The molecule has 0 bridgehead atoms. The number of rotatable bonds is 3. The van der Waals surface area contributed by atoms with Gasteiger partial charge < -0.3 is 14.4 Å². The van der Waals surface area contributed by atoms with E-state index in [0.29, 0.717) is 28.1 Å². The van der Waals surface area contributed by atoms with Crippen molar-refractivity contribution in [2.75, 3.05) is 18.4 Å². The quantitative estimate of drug-likeness (QED) is 0.376. The van der Waals surface area contributed by atoms with E-state index in [9.17, 15) is 9.59 Å². The number of nitrogens with zero attached hydrogens (tertiary/aromatic N) is 1. The van der Waals surface area contributed by atoms with Crippen LogP contribution < -0.4 is 5.32 Å². The van der Waals surface area contributed by atoms with Crippen molar-refractivity contribution < 1.29 is 19.1 Å². The molecule has 0 spiro atoms. The van der Waals surface area contributed by atoms with Crippen LogP contribution in [-0.4, -0.2) is 45.1 Å². The predicted octanol–water partition coefficient (Wildman–Crippen LogP) is 5.91. The van der Waals surface area contributed by atoms with Crippen LogP contribution >= 0.6 is 22.6 Å². The average Bonchev–Trinajstić information content (AvgIpc) is 2.59. The van der Waals surface area contributed by atoms with Crippen LogP contribution in [0.15, 0.2) is 18.2 Å². The lowest BCUT2D eigenvalue weighted by molar-refractivity contribution is 0.0204. The van der Waals surface area contributed by atoms with Crippen LogP contribution in [0, 0.1) is 5.41 Å². The van der Waals surface area contributed by atoms with Crippen LogP contribution in [0.1, 0.15) is 71.4 Å². The van der Waals surface area contributed by atoms with Gasteiger partial charge in [-0.3, -0.25) is 10.7 Å². The normalized spacial score (nSPS) is 15.5. The summed E-state index contributed by atoms with van der Waals surface area (Å²) in [6, 6.07) is 5.75. The van der Waals surface area contributed by atoms with Gasteiger partial charge in [0.1, 0.15) is 14.9 Å². The number of carbonyl (C=O) groups is 2. The zero-order valence-corrected chi connectivity index (χ0v) is 20.8. The number of ether oxygens (including phenoxy) is 2. The second-order valence-electron chi connectivity index (χ2n) is 9.49. The molecule has 7 nitrogen and oxygen atoms in total. The molecule has 0 unspecified atom stereocenters. The summed E-state index contributed by atoms with van der Waals surface area (Å²) >= 11 is 1.94. The summed E-state index contributed by atoms with van der Waals surface area (Å²) in [7, 11) is 0. The Labute approximate surface area is 192 Å². The molecular formula is C22H32IN3O4. The van der Waals surface area contributed by atoms with E-state index in [4.69, 9.17) is 14.9 Å². The highest BCUT2D eigenvalue weighted by Gasteiger charge is 2.28. The van der Waals surface area contributed by atoms with Gasteiger partial charge in [-0.25, -0.2) is 9.59 Å². The smallest absolute Gasteiger partial charge is 0.412 e. The minimum atomic E-state index is -0.593. The Balaban J connectivity index is 2.07. The molecule has 1 aliphatic heterocycles. The van der Waals surface area contributed by atoms with E-state index in [2.05, 4.69) is 5.32 Å². The first-order chi connectivity index (χ1) is 13.7. The maximum atomic E-state index is 12.3. The van der Waals surface area contributed by atoms with Crippen molar-refractivity contribution in [1.29, 1.82) is 5.41 Å². The molecule has 0 aromatic heterocycles. The summed E-state index contributed by atoms with van der Waals surface area (Å²) in [6.45, 7) is 12.3. The van der Waals surface area contributed by atoms with Crippen LogP contribution in [0.5, 0.6) is 0 Å². The molecule has 2 rings (SSSR count). The van der Waals surface area contributed by atoms with Gasteiger partial charge in [0.05, 0.1) is 5.69 Å². The Morgan fingerprint density at radius 1 is 1.07 bits per heavy atom. The maximum absolute atomic E-state index is 12.3. The van der Waals surface area contributed by atoms with Crippen molar-refractivity contribution in [3.63, 3.8) is 0 Å². The van der Waals surface area contributed by atoms with E-state index in [1.807, 2.05) is 61.6 Å². The van der Waals surface area contributed by atoms with Crippen molar-refractivity contribution in [3.05, 3.63) is 29.3 Å². The number of carbonyl (C=O) groups excluding carboxylic acids is 2. The lowest BCUT2D eigenvalue weighted by Gasteiger charge is -2.33. The summed E-state index contributed by atoms with van der Waals surface area (Å²) in [5.74, 6) is 0.286. The molecular weight excluding hydrogens is 497 g/mol. The summed E-state index contributed by atoms with van der Waals surface area (Å²) < 4.78 is 11.1. The van der Waals surface area contributed by atoms with Crippen LogP contribution in [0.4, 0.5) is 15.3 Å². The fourth-order valence-corrected chi connectivity index (χ4v) is 3.69. The zero-order valence-electron chi connectivity index (χ0n) is 18.6. The number of likely N-dealkylation sites (tertiary alicyclic amines) is 1. The number of piperidine rings is 1. The molecule has 30 heavy (non-hydrogen) atoms. The first-order valence-corrected chi connectivity index (χ1v) is 11.2. The molecule has 2 N–H and O–H groups in total. The molecule has 1 fully saturated rings. The third-order valence-corrected chi connectivity index (χ3v) is 5.11. The van der Waals surface area contributed by atoms with Gasteiger partial charge in [0.15, 0.2) is 0 Å². The topological polar surface area (TPSA) is 91.7 Å². The van der Waals surface area contributed by atoms with E-state index >= 15 is 0 Å². The molecule has 166 valence electrons. The van der Waals surface area contributed by atoms with Crippen molar-refractivity contribution in [2.24, 2.45) is 0 Å². The van der Waals surface area contributed by atoms with E-state index < -0.39 is 17.3 Å². The van der Waals surface area contributed by atoms with Crippen LogP contribution in [0.3, 0.4) is 0 Å². The van der Waals surface area contributed by atoms with Crippen LogP contribution in [-0.2, 0) is 9.47 Å². The van der Waals surface area contributed by atoms with Gasteiger partial charge in [0.2, 0.25) is 0 Å². The van der Waals surface area contributed by atoms with Gasteiger partial charge in [-0.1, -0.05) is 6.07 Å². The minimum absolute atomic E-state index is 0.271. The Morgan fingerprint density at radius 2 is 1.63 bits per heavy atom. The van der Waals surface area contributed by atoms with Crippen LogP contribution in [0.2, 0.25) is 0 Å². The van der Waals surface area contributed by atoms with Gasteiger partial charge in [0, 0.05) is 18.7 Å². The first-order valence-electron chi connectivity index (χ1n) is 10.1. The fraction of sp³-hybridized carbons (Fsp3) is 0.591. The summed E-state index contributed by atoms with van der Waals surface area (Å²) in [5.41, 5.74) is 1.22. The molecule has 0 aliphatic carbocycles. The number of amides is 2. The molecule has 1 aromatic carbocycles. The van der Waals surface area contributed by atoms with Gasteiger partial charge in [-0.05, 0) is 101 Å². The third kappa shape index (κ3) is 7.45. The van der Waals surface area contributed by atoms with Crippen molar-refractivity contribution >= 4 is 44.2 Å². The van der Waals surface area contributed by atoms with E-state index in [-0.39, 0.29) is 12.0 Å². The number of hydrogen-bond acceptors (Lipinski definition) is 5. The van der Waals surface area contributed by atoms with Gasteiger partial charge >= 0.3 is 12.2 Å². The molecule has 1 saturated heterocycles. The second-order valence-corrected chi connectivity index (χ2v) is 10.6. The average molecular weight is 529 g/mol. The third-order valence-electron chi connectivity index (χ3n) is 4.53. The highest BCUT2D eigenvalue weighted by molar-refractivity contribution is 14.1. The first kappa shape index (κ1) is 24.4. The van der Waals surface area contributed by atoms with E-state index in [0.717, 1.165) is 18.4 Å². The molecule has 0 saturated carbocycles. The monoisotopic (exact) mass is 529 g/mol. The largest absolute Gasteiger partial charge is 0.444 e. The Kier molecular flexibility index (Phi) is 7.76. The Bertz CT molecular complexity index is 804. The molecule has 1 aliphatic rings. The van der Waals surface area contributed by atoms with E-state index in [1.165, 1.54) is 0 Å². The van der Waals surface area contributed by atoms with Gasteiger partial charge in [0.25, 0.3) is 0 Å². The number of nitrogens with one attached hydrogen (secondary N) is 2. The summed E-state index contributed by atoms with van der Waals surface area (Å²) in [5, 5.41) is 10.9. The lowest BCUT2D eigenvalue weighted by Crippen LogP contribution is -2.41. The maximum Gasteiger partial charge on any atom is 0.412 e.